The van der Waals surface area contributed by atoms with E-state index < -0.39 is 18.0 Å². The van der Waals surface area contributed by atoms with Crippen LogP contribution in [0.1, 0.15) is 32.6 Å². The van der Waals surface area contributed by atoms with Gasteiger partial charge in [-0.3, -0.25) is 4.79 Å². The zero-order chi connectivity index (χ0) is 17.0. The lowest BCUT2D eigenvalue weighted by Crippen LogP contribution is -2.30. The minimum Gasteiger partial charge on any atom is -0.449 e. The number of thiophene rings is 1. The predicted octanol–water partition coefficient (Wildman–Crippen LogP) is 3.42. The third kappa shape index (κ3) is 4.18. The number of carbonyl (C=O) groups excluding carboxylic acids is 2. The second-order valence-electron chi connectivity index (χ2n) is 5.05. The van der Waals surface area contributed by atoms with Crippen LogP contribution in [0.4, 0.5) is 5.69 Å². The summed E-state index contributed by atoms with van der Waals surface area (Å²) in [7, 11) is 0. The highest BCUT2D eigenvalue weighted by atomic mass is 32.1. The van der Waals surface area contributed by atoms with Crippen molar-refractivity contribution >= 4 is 28.9 Å². The second kappa shape index (κ2) is 7.07. The van der Waals surface area contributed by atoms with Crippen molar-refractivity contribution in [2.75, 3.05) is 5.32 Å². The van der Waals surface area contributed by atoms with E-state index >= 15 is 0 Å². The number of hydrogen-bond donors (Lipinski definition) is 1. The van der Waals surface area contributed by atoms with Crippen molar-refractivity contribution in [1.82, 2.24) is 0 Å². The maximum absolute atomic E-state index is 12.1. The average molecular weight is 328 g/mol. The molecule has 2 rings (SSSR count). The molecule has 0 spiro atoms. The van der Waals surface area contributed by atoms with Crippen LogP contribution >= 0.6 is 11.3 Å². The standard InChI is InChI=1S/C17H16N2O3S/c1-10-8-15(12(3)23-10)17(21)22-11(2)16(20)19-14-6-4-13(9-18)5-7-14/h4-8,11H,1-3H3,(H,19,20)/t11-/m0/s1. The van der Waals surface area contributed by atoms with Crippen molar-refractivity contribution in [3.05, 3.63) is 51.2 Å². The van der Waals surface area contributed by atoms with Gasteiger partial charge in [0.05, 0.1) is 17.2 Å². The first kappa shape index (κ1) is 16.7. The first-order valence-corrected chi connectivity index (χ1v) is 7.81. The van der Waals surface area contributed by atoms with Crippen LogP contribution < -0.4 is 5.32 Å². The Balaban J connectivity index is 1.98. The lowest BCUT2D eigenvalue weighted by atomic mass is 10.2. The molecule has 1 aromatic heterocycles. The molecule has 0 fully saturated rings. The maximum atomic E-state index is 12.1. The van der Waals surface area contributed by atoms with Gasteiger partial charge in [0.1, 0.15) is 0 Å². The summed E-state index contributed by atoms with van der Waals surface area (Å²) < 4.78 is 5.21. The largest absolute Gasteiger partial charge is 0.449 e. The van der Waals surface area contributed by atoms with Gasteiger partial charge in [-0.1, -0.05) is 0 Å². The number of carbonyl (C=O) groups is 2. The SMILES string of the molecule is Cc1cc(C(=O)O[C@@H](C)C(=O)Nc2ccc(C#N)cc2)c(C)s1. The molecular formula is C17H16N2O3S. The Morgan fingerprint density at radius 2 is 1.91 bits per heavy atom. The minimum absolute atomic E-state index is 0.423. The highest BCUT2D eigenvalue weighted by Crippen LogP contribution is 2.21. The summed E-state index contributed by atoms with van der Waals surface area (Å²) in [5.41, 5.74) is 1.54. The van der Waals surface area contributed by atoms with Gasteiger partial charge in [-0.05, 0) is 51.1 Å². The molecule has 1 N–H and O–H groups in total. The Morgan fingerprint density at radius 1 is 1.26 bits per heavy atom. The fraction of sp³-hybridized carbons (Fsp3) is 0.235. The molecule has 1 atom stereocenters. The van der Waals surface area contributed by atoms with Crippen molar-refractivity contribution in [2.24, 2.45) is 0 Å². The molecule has 0 aliphatic carbocycles. The van der Waals surface area contributed by atoms with Gasteiger partial charge >= 0.3 is 5.97 Å². The van der Waals surface area contributed by atoms with Gasteiger partial charge in [-0.2, -0.15) is 5.26 Å². The van der Waals surface area contributed by atoms with Crippen LogP contribution in [0, 0.1) is 25.2 Å². The van der Waals surface area contributed by atoms with E-state index in [4.69, 9.17) is 10.00 Å². The number of nitriles is 1. The van der Waals surface area contributed by atoms with Crippen molar-refractivity contribution in [1.29, 1.82) is 5.26 Å². The average Bonchev–Trinajstić information content (AvgIpc) is 2.86. The van der Waals surface area contributed by atoms with Crippen LogP contribution in [0.5, 0.6) is 0 Å². The summed E-state index contributed by atoms with van der Waals surface area (Å²) in [6, 6.07) is 10.2. The van der Waals surface area contributed by atoms with Gasteiger partial charge in [0.25, 0.3) is 5.91 Å². The molecule has 0 aliphatic heterocycles. The summed E-state index contributed by atoms with van der Waals surface area (Å²) in [5, 5.41) is 11.4. The molecule has 1 aromatic carbocycles. The Labute approximate surface area is 138 Å². The normalized spacial score (nSPS) is 11.4. The molecular weight excluding hydrogens is 312 g/mol. The number of hydrogen-bond acceptors (Lipinski definition) is 5. The highest BCUT2D eigenvalue weighted by Gasteiger charge is 2.21. The van der Waals surface area contributed by atoms with Crippen LogP contribution in [-0.2, 0) is 9.53 Å². The van der Waals surface area contributed by atoms with Crippen LogP contribution in [-0.4, -0.2) is 18.0 Å². The quantitative estimate of drug-likeness (QED) is 0.872. The molecule has 23 heavy (non-hydrogen) atoms. The number of anilines is 1. The molecule has 5 nitrogen and oxygen atoms in total. The zero-order valence-corrected chi connectivity index (χ0v) is 13.9. The number of nitrogens with one attached hydrogen (secondary N) is 1. The Kier molecular flexibility index (Phi) is 5.14. The number of rotatable bonds is 4. The molecule has 2 aromatic rings. The van der Waals surface area contributed by atoms with E-state index in [1.54, 1.807) is 30.3 Å². The Morgan fingerprint density at radius 3 is 2.43 bits per heavy atom. The summed E-state index contributed by atoms with van der Waals surface area (Å²) in [5.74, 6) is -0.929. The van der Waals surface area contributed by atoms with Gasteiger partial charge in [-0.15, -0.1) is 11.3 Å². The van der Waals surface area contributed by atoms with Crippen LogP contribution in [0.2, 0.25) is 0 Å². The maximum Gasteiger partial charge on any atom is 0.340 e. The third-order valence-corrected chi connectivity index (χ3v) is 4.16. The molecule has 0 bridgehead atoms. The predicted molar refractivity (Wildman–Crippen MR) is 88.5 cm³/mol. The summed E-state index contributed by atoms with van der Waals surface area (Å²) in [6.45, 7) is 5.27. The lowest BCUT2D eigenvalue weighted by molar-refractivity contribution is -0.123. The fourth-order valence-electron chi connectivity index (χ4n) is 1.98. The van der Waals surface area contributed by atoms with Gasteiger partial charge in [-0.25, -0.2) is 4.79 Å². The van der Waals surface area contributed by atoms with Crippen LogP contribution in [0.15, 0.2) is 30.3 Å². The Hall–Kier alpha value is -2.65. The molecule has 118 valence electrons. The summed E-state index contributed by atoms with van der Waals surface area (Å²) in [6.07, 6.45) is -0.919. The number of amides is 1. The fourth-order valence-corrected chi connectivity index (χ4v) is 2.89. The molecule has 0 saturated carbocycles. The second-order valence-corrected chi connectivity index (χ2v) is 6.51. The molecule has 0 unspecified atom stereocenters. The third-order valence-electron chi connectivity index (χ3n) is 3.20. The first-order valence-electron chi connectivity index (χ1n) is 6.99. The van der Waals surface area contributed by atoms with E-state index in [0.29, 0.717) is 16.8 Å². The molecule has 6 heteroatoms. The van der Waals surface area contributed by atoms with Gasteiger partial charge < -0.3 is 10.1 Å². The number of benzene rings is 1. The Bertz CT molecular complexity index is 772. The van der Waals surface area contributed by atoms with Crippen LogP contribution in [0.3, 0.4) is 0 Å². The zero-order valence-electron chi connectivity index (χ0n) is 13.0. The van der Waals surface area contributed by atoms with E-state index in [0.717, 1.165) is 9.75 Å². The van der Waals surface area contributed by atoms with Gasteiger partial charge in [0.15, 0.2) is 6.10 Å². The minimum atomic E-state index is -0.919. The lowest BCUT2D eigenvalue weighted by Gasteiger charge is -2.13. The van der Waals surface area contributed by atoms with Crippen molar-refractivity contribution < 1.29 is 14.3 Å². The smallest absolute Gasteiger partial charge is 0.340 e. The monoisotopic (exact) mass is 328 g/mol. The number of nitrogens with zero attached hydrogens (tertiary/aromatic N) is 1. The highest BCUT2D eigenvalue weighted by molar-refractivity contribution is 7.12. The van der Waals surface area contributed by atoms with E-state index in [9.17, 15) is 9.59 Å². The van der Waals surface area contributed by atoms with E-state index in [1.165, 1.54) is 18.3 Å². The van der Waals surface area contributed by atoms with Crippen molar-refractivity contribution in [3.8, 4) is 6.07 Å². The topological polar surface area (TPSA) is 79.2 Å². The molecule has 0 radical (unpaired) electrons. The summed E-state index contributed by atoms with van der Waals surface area (Å²) in [4.78, 5) is 26.1. The van der Waals surface area contributed by atoms with Crippen LogP contribution in [0.25, 0.3) is 0 Å². The molecule has 0 aliphatic rings. The van der Waals surface area contributed by atoms with Crippen molar-refractivity contribution in [3.63, 3.8) is 0 Å². The van der Waals surface area contributed by atoms with E-state index in [1.807, 2.05) is 19.9 Å². The van der Waals surface area contributed by atoms with E-state index in [-0.39, 0.29) is 0 Å². The van der Waals surface area contributed by atoms with Gasteiger partial charge in [0.2, 0.25) is 0 Å². The number of ether oxygens (including phenoxy) is 1. The molecule has 1 heterocycles. The first-order chi connectivity index (χ1) is 10.9. The molecule has 1 amide bonds. The number of esters is 1. The number of aryl methyl sites for hydroxylation is 2. The molecule has 0 saturated heterocycles. The van der Waals surface area contributed by atoms with E-state index in [2.05, 4.69) is 5.32 Å². The van der Waals surface area contributed by atoms with Gasteiger partial charge in [0, 0.05) is 15.4 Å². The van der Waals surface area contributed by atoms with Crippen molar-refractivity contribution in [2.45, 2.75) is 26.9 Å². The summed E-state index contributed by atoms with van der Waals surface area (Å²) >= 11 is 1.51.